The minimum absolute atomic E-state index is 0.492. The zero-order valence-corrected chi connectivity index (χ0v) is 20.6. The van der Waals surface area contributed by atoms with Gasteiger partial charge < -0.3 is 10.6 Å². The van der Waals surface area contributed by atoms with E-state index in [0.717, 1.165) is 25.6 Å². The first-order chi connectivity index (χ1) is 15.0. The normalized spacial score (nSPS) is 20.4. The van der Waals surface area contributed by atoms with E-state index in [1.807, 2.05) is 18.4 Å². The summed E-state index contributed by atoms with van der Waals surface area (Å²) in [6, 6.07) is 14.2. The smallest absolute Gasteiger partial charge is 0.191 e. The van der Waals surface area contributed by atoms with Gasteiger partial charge in [0.25, 0.3) is 0 Å². The summed E-state index contributed by atoms with van der Waals surface area (Å²) >= 11 is 1.87. The highest BCUT2D eigenvalue weighted by atomic mass is 32.1. The highest BCUT2D eigenvalue weighted by Gasteiger charge is 2.31. The summed E-state index contributed by atoms with van der Waals surface area (Å²) in [6.45, 7) is 8.31. The Bertz CT molecular complexity index is 817. The molecule has 5 nitrogen and oxygen atoms in total. The molecule has 1 aromatic heterocycles. The van der Waals surface area contributed by atoms with E-state index in [4.69, 9.17) is 0 Å². The van der Waals surface area contributed by atoms with Gasteiger partial charge in [0, 0.05) is 43.6 Å². The van der Waals surface area contributed by atoms with E-state index in [2.05, 4.69) is 95.1 Å². The molecule has 170 valence electrons. The van der Waals surface area contributed by atoms with Crippen molar-refractivity contribution in [3.63, 3.8) is 0 Å². The van der Waals surface area contributed by atoms with Gasteiger partial charge in [-0.1, -0.05) is 30.3 Å². The van der Waals surface area contributed by atoms with Crippen LogP contribution in [0.5, 0.6) is 0 Å². The molecule has 2 unspecified atom stereocenters. The van der Waals surface area contributed by atoms with Gasteiger partial charge in [-0.3, -0.25) is 14.8 Å². The Balaban J connectivity index is 1.58. The van der Waals surface area contributed by atoms with E-state index < -0.39 is 0 Å². The van der Waals surface area contributed by atoms with Crippen LogP contribution in [0.25, 0.3) is 0 Å². The zero-order valence-electron chi connectivity index (χ0n) is 19.8. The van der Waals surface area contributed by atoms with E-state index in [9.17, 15) is 0 Å². The SMILES string of the molecule is CN=C(NCc1ccccc1CN(C)C(C)C)NCC1CCCN(C)C1c1cccs1. The molecule has 1 aromatic carbocycles. The molecule has 2 aromatic rings. The molecular formula is C25H39N5S. The Kier molecular flexibility index (Phi) is 8.93. The van der Waals surface area contributed by atoms with Crippen LogP contribution in [0.2, 0.25) is 0 Å². The Morgan fingerprint density at radius 3 is 2.65 bits per heavy atom. The van der Waals surface area contributed by atoms with Crippen LogP contribution in [0.4, 0.5) is 0 Å². The number of benzene rings is 1. The molecule has 1 aliphatic heterocycles. The van der Waals surface area contributed by atoms with Crippen LogP contribution in [0.15, 0.2) is 46.8 Å². The van der Waals surface area contributed by atoms with Crippen LogP contribution in [0.1, 0.15) is 48.7 Å². The molecule has 31 heavy (non-hydrogen) atoms. The molecule has 2 N–H and O–H groups in total. The van der Waals surface area contributed by atoms with Crippen LogP contribution in [0.3, 0.4) is 0 Å². The minimum Gasteiger partial charge on any atom is -0.356 e. The quantitative estimate of drug-likeness (QED) is 0.472. The summed E-state index contributed by atoms with van der Waals surface area (Å²) in [7, 11) is 6.30. The van der Waals surface area contributed by atoms with Gasteiger partial charge in [-0.05, 0) is 75.8 Å². The highest BCUT2D eigenvalue weighted by molar-refractivity contribution is 7.10. The second-order valence-electron chi connectivity index (χ2n) is 8.93. The molecule has 2 atom stereocenters. The monoisotopic (exact) mass is 441 g/mol. The third-order valence-corrected chi connectivity index (χ3v) is 7.41. The third-order valence-electron chi connectivity index (χ3n) is 6.46. The van der Waals surface area contributed by atoms with E-state index in [-0.39, 0.29) is 0 Å². The number of nitrogens with zero attached hydrogens (tertiary/aromatic N) is 3. The summed E-state index contributed by atoms with van der Waals surface area (Å²) in [5.74, 6) is 1.47. The summed E-state index contributed by atoms with van der Waals surface area (Å²) in [5.41, 5.74) is 2.69. The highest BCUT2D eigenvalue weighted by Crippen LogP contribution is 2.36. The van der Waals surface area contributed by atoms with Crippen LogP contribution in [-0.4, -0.2) is 56.0 Å². The number of hydrogen-bond acceptors (Lipinski definition) is 4. The fraction of sp³-hybridized carbons (Fsp3) is 0.560. The zero-order chi connectivity index (χ0) is 22.2. The van der Waals surface area contributed by atoms with Crippen LogP contribution in [0, 0.1) is 5.92 Å². The predicted octanol–water partition coefficient (Wildman–Crippen LogP) is 4.34. The van der Waals surface area contributed by atoms with Gasteiger partial charge in [0.2, 0.25) is 0 Å². The Hall–Kier alpha value is -1.89. The lowest BCUT2D eigenvalue weighted by molar-refractivity contribution is 0.125. The minimum atomic E-state index is 0.492. The molecule has 0 aliphatic carbocycles. The maximum atomic E-state index is 4.49. The van der Waals surface area contributed by atoms with Gasteiger partial charge in [0.15, 0.2) is 5.96 Å². The number of piperidine rings is 1. The number of guanidine groups is 1. The average molecular weight is 442 g/mol. The number of nitrogens with one attached hydrogen (secondary N) is 2. The molecule has 6 heteroatoms. The number of rotatable bonds is 8. The van der Waals surface area contributed by atoms with Crippen LogP contribution < -0.4 is 10.6 Å². The lowest BCUT2D eigenvalue weighted by atomic mass is 9.88. The van der Waals surface area contributed by atoms with Crippen molar-refractivity contribution in [3.05, 3.63) is 57.8 Å². The van der Waals surface area contributed by atoms with E-state index in [0.29, 0.717) is 18.0 Å². The van der Waals surface area contributed by atoms with E-state index >= 15 is 0 Å². The van der Waals surface area contributed by atoms with Crippen molar-refractivity contribution in [2.45, 2.75) is 51.9 Å². The third kappa shape index (κ3) is 6.55. The average Bonchev–Trinajstić information content (AvgIpc) is 3.29. The summed E-state index contributed by atoms with van der Waals surface area (Å²) < 4.78 is 0. The fourth-order valence-corrected chi connectivity index (χ4v) is 5.33. The molecule has 1 saturated heterocycles. The number of aliphatic imine (C=N–C) groups is 1. The van der Waals surface area contributed by atoms with Crippen molar-refractivity contribution in [2.24, 2.45) is 10.9 Å². The molecule has 0 saturated carbocycles. The standard InChI is InChI=1S/C25H39N5S/c1-19(2)30(5)18-22-11-7-6-10-20(22)16-27-25(26-3)28-17-21-12-8-14-29(4)24(21)23-13-9-15-31-23/h6-7,9-11,13,15,19,21,24H,8,12,14,16-18H2,1-5H3,(H2,26,27,28). The van der Waals surface area contributed by atoms with Crippen molar-refractivity contribution in [3.8, 4) is 0 Å². The largest absolute Gasteiger partial charge is 0.356 e. The molecular weight excluding hydrogens is 402 g/mol. The number of likely N-dealkylation sites (tertiary alicyclic amines) is 1. The first-order valence-electron chi connectivity index (χ1n) is 11.4. The van der Waals surface area contributed by atoms with Crippen molar-refractivity contribution in [1.29, 1.82) is 0 Å². The maximum Gasteiger partial charge on any atom is 0.191 e. The van der Waals surface area contributed by atoms with Gasteiger partial charge in [0.05, 0.1) is 0 Å². The number of hydrogen-bond donors (Lipinski definition) is 2. The fourth-order valence-electron chi connectivity index (χ4n) is 4.35. The van der Waals surface area contributed by atoms with Crippen molar-refractivity contribution < 1.29 is 0 Å². The van der Waals surface area contributed by atoms with Crippen molar-refractivity contribution in [2.75, 3.05) is 34.2 Å². The molecule has 0 amide bonds. The maximum absolute atomic E-state index is 4.49. The molecule has 1 aliphatic rings. The van der Waals surface area contributed by atoms with Gasteiger partial charge in [-0.2, -0.15) is 0 Å². The molecule has 1 fully saturated rings. The Morgan fingerprint density at radius 2 is 1.97 bits per heavy atom. The van der Waals surface area contributed by atoms with Crippen molar-refractivity contribution in [1.82, 2.24) is 20.4 Å². The summed E-state index contributed by atoms with van der Waals surface area (Å²) in [6.07, 6.45) is 2.51. The predicted molar refractivity (Wildman–Crippen MR) is 134 cm³/mol. The first-order valence-corrected chi connectivity index (χ1v) is 12.3. The van der Waals surface area contributed by atoms with Crippen LogP contribution in [-0.2, 0) is 13.1 Å². The van der Waals surface area contributed by atoms with Gasteiger partial charge in [0.1, 0.15) is 0 Å². The second-order valence-corrected chi connectivity index (χ2v) is 9.91. The summed E-state index contributed by atoms with van der Waals surface area (Å²) in [4.78, 5) is 10.8. The lowest BCUT2D eigenvalue weighted by Crippen LogP contribution is -2.44. The van der Waals surface area contributed by atoms with Crippen molar-refractivity contribution >= 4 is 17.3 Å². The van der Waals surface area contributed by atoms with E-state index in [1.54, 1.807) is 0 Å². The topological polar surface area (TPSA) is 42.9 Å². The van der Waals surface area contributed by atoms with Gasteiger partial charge >= 0.3 is 0 Å². The molecule has 2 heterocycles. The molecule has 0 bridgehead atoms. The Morgan fingerprint density at radius 1 is 1.19 bits per heavy atom. The second kappa shape index (κ2) is 11.7. The lowest BCUT2D eigenvalue weighted by Gasteiger charge is -2.39. The number of thiophene rings is 1. The van der Waals surface area contributed by atoms with Gasteiger partial charge in [-0.15, -0.1) is 11.3 Å². The summed E-state index contributed by atoms with van der Waals surface area (Å²) in [5, 5.41) is 9.34. The van der Waals surface area contributed by atoms with Crippen LogP contribution >= 0.6 is 11.3 Å². The first kappa shape index (κ1) is 23.8. The Labute approximate surface area is 192 Å². The molecule has 3 rings (SSSR count). The van der Waals surface area contributed by atoms with E-state index in [1.165, 1.54) is 35.4 Å². The van der Waals surface area contributed by atoms with Gasteiger partial charge in [-0.25, -0.2) is 0 Å². The molecule has 0 spiro atoms. The molecule has 0 radical (unpaired) electrons.